The number of pyridine rings is 4. The predicted octanol–water partition coefficient (Wildman–Crippen LogP) is 11.3. The van der Waals surface area contributed by atoms with Gasteiger partial charge in [0.05, 0.1) is 26.1 Å². The molecule has 13 heteroatoms. The lowest BCUT2D eigenvalue weighted by Gasteiger charge is -2.22. The first-order valence-corrected chi connectivity index (χ1v) is 17.9. The normalized spacial score (nSPS) is 10.8. The molecular formula is C42H32Cl4N6O3. The Balaban J connectivity index is 0.000000168. The van der Waals surface area contributed by atoms with Gasteiger partial charge in [-0.25, -0.2) is 9.97 Å². The van der Waals surface area contributed by atoms with E-state index >= 15 is 0 Å². The monoisotopic (exact) mass is 808 g/mol. The Morgan fingerprint density at radius 3 is 1.78 bits per heavy atom. The summed E-state index contributed by atoms with van der Waals surface area (Å²) in [5.74, 6) is 1.60. The Morgan fingerprint density at radius 2 is 1.20 bits per heavy atom. The zero-order chi connectivity index (χ0) is 39.2. The largest absolute Gasteiger partial charge is 0.506 e. The van der Waals surface area contributed by atoms with E-state index in [-0.39, 0.29) is 17.5 Å². The molecule has 9 nitrogen and oxygen atoms in total. The standard InChI is InChI=1S/C21H15Cl2N3O.C9H7NO.C7H4Cl2O.C5H6N2/c22-16-9-7-14(12-17(16)23)19(26-18-5-1-2-10-24-18)15-8-6-13-4-3-11-25-20(13)21(15)27;11-8-5-1-3-7-4-2-6-10-9(7)8;8-6-2-1-5(4-10)3-7(6)9;6-5-3-1-2-4-7-5/h1-12,19,27H,(H,24,26);1-6,11H;1-4H;1-4H,(H2,6,7). The molecular weight excluding hydrogens is 778 g/mol. The Bertz CT molecular complexity index is 2490. The van der Waals surface area contributed by atoms with Crippen LogP contribution in [0.3, 0.4) is 0 Å². The van der Waals surface area contributed by atoms with Gasteiger partial charge in [-0.1, -0.05) is 107 Å². The quantitative estimate of drug-likeness (QED) is 0.125. The van der Waals surface area contributed by atoms with Gasteiger partial charge in [0.2, 0.25) is 0 Å². The maximum Gasteiger partial charge on any atom is 0.150 e. The van der Waals surface area contributed by atoms with Crippen molar-refractivity contribution in [1.82, 2.24) is 19.9 Å². The molecule has 4 heterocycles. The lowest BCUT2D eigenvalue weighted by Crippen LogP contribution is -2.13. The lowest BCUT2D eigenvalue weighted by atomic mass is 9.96. The smallest absolute Gasteiger partial charge is 0.150 e. The highest BCUT2D eigenvalue weighted by Gasteiger charge is 2.21. The molecule has 5 N–H and O–H groups in total. The van der Waals surface area contributed by atoms with Crippen molar-refractivity contribution in [3.8, 4) is 11.5 Å². The van der Waals surface area contributed by atoms with Gasteiger partial charge >= 0.3 is 0 Å². The zero-order valence-corrected chi connectivity index (χ0v) is 31.8. The lowest BCUT2D eigenvalue weighted by molar-refractivity contribution is 0.112. The molecule has 0 amide bonds. The van der Waals surface area contributed by atoms with E-state index in [2.05, 4.69) is 25.3 Å². The van der Waals surface area contributed by atoms with Crippen LogP contribution in [0.15, 0.2) is 152 Å². The van der Waals surface area contributed by atoms with E-state index in [0.717, 1.165) is 22.6 Å². The molecule has 276 valence electrons. The Labute approximate surface area is 337 Å². The predicted molar refractivity (Wildman–Crippen MR) is 223 cm³/mol. The summed E-state index contributed by atoms with van der Waals surface area (Å²) in [5, 5.41) is 27.2. The van der Waals surface area contributed by atoms with Crippen molar-refractivity contribution >= 4 is 86.1 Å². The molecule has 0 aliphatic rings. The molecule has 4 aromatic carbocycles. The second-order valence-corrected chi connectivity index (χ2v) is 13.1. The second kappa shape index (κ2) is 19.9. The number of phenols is 2. The Hall–Kier alpha value is -5.97. The number of aromatic hydroxyl groups is 2. The number of benzene rings is 4. The summed E-state index contributed by atoms with van der Waals surface area (Å²) in [6, 6.07) is 37.4. The fraction of sp³-hybridized carbons (Fsp3) is 0.0238. The van der Waals surface area contributed by atoms with Gasteiger partial charge < -0.3 is 21.3 Å². The molecule has 55 heavy (non-hydrogen) atoms. The van der Waals surface area contributed by atoms with Crippen molar-refractivity contribution in [1.29, 1.82) is 0 Å². The van der Waals surface area contributed by atoms with Crippen LogP contribution in [-0.4, -0.2) is 36.4 Å². The first-order chi connectivity index (χ1) is 26.6. The molecule has 4 aromatic heterocycles. The molecule has 8 aromatic rings. The van der Waals surface area contributed by atoms with Gasteiger partial charge in [0.1, 0.15) is 40.5 Å². The minimum Gasteiger partial charge on any atom is -0.506 e. The van der Waals surface area contributed by atoms with E-state index in [9.17, 15) is 15.0 Å². The molecule has 0 fully saturated rings. The maximum atomic E-state index is 10.9. The first kappa shape index (κ1) is 40.2. The van der Waals surface area contributed by atoms with Crippen LogP contribution in [0.25, 0.3) is 21.8 Å². The molecule has 0 aliphatic heterocycles. The van der Waals surface area contributed by atoms with Gasteiger partial charge in [-0.15, -0.1) is 0 Å². The number of aromatic nitrogens is 4. The van der Waals surface area contributed by atoms with Crippen molar-refractivity contribution in [2.24, 2.45) is 0 Å². The van der Waals surface area contributed by atoms with E-state index in [1.54, 1.807) is 67.3 Å². The Kier molecular flexibility index (Phi) is 14.6. The number of carbonyl (C=O) groups excluding carboxylic acids is 1. The number of nitrogens with one attached hydrogen (secondary N) is 1. The molecule has 1 unspecified atom stereocenters. The van der Waals surface area contributed by atoms with E-state index in [1.165, 1.54) is 6.07 Å². The van der Waals surface area contributed by atoms with E-state index in [0.29, 0.717) is 53.9 Å². The third kappa shape index (κ3) is 11.3. The van der Waals surface area contributed by atoms with Crippen molar-refractivity contribution in [3.63, 3.8) is 0 Å². The van der Waals surface area contributed by atoms with Crippen LogP contribution in [0.2, 0.25) is 20.1 Å². The summed E-state index contributed by atoms with van der Waals surface area (Å²) in [7, 11) is 0. The number of halogens is 4. The summed E-state index contributed by atoms with van der Waals surface area (Å²) in [6.45, 7) is 0. The van der Waals surface area contributed by atoms with E-state index in [4.69, 9.17) is 52.1 Å². The molecule has 1 atom stereocenters. The van der Waals surface area contributed by atoms with E-state index < -0.39 is 0 Å². The number of nitrogen functional groups attached to an aromatic ring is 1. The van der Waals surface area contributed by atoms with Gasteiger partial charge in [0.25, 0.3) is 0 Å². The van der Waals surface area contributed by atoms with Crippen LogP contribution in [0.1, 0.15) is 27.5 Å². The highest BCUT2D eigenvalue weighted by atomic mass is 35.5. The third-order valence-electron chi connectivity index (χ3n) is 7.70. The highest BCUT2D eigenvalue weighted by Crippen LogP contribution is 2.37. The molecule has 0 saturated carbocycles. The van der Waals surface area contributed by atoms with Gasteiger partial charge in [-0.2, -0.15) is 0 Å². The number of para-hydroxylation sites is 1. The van der Waals surface area contributed by atoms with Crippen LogP contribution in [0, 0.1) is 0 Å². The Morgan fingerprint density at radius 1 is 0.582 bits per heavy atom. The number of anilines is 2. The fourth-order valence-electron chi connectivity index (χ4n) is 5.06. The number of rotatable bonds is 5. The van der Waals surface area contributed by atoms with Crippen LogP contribution in [-0.2, 0) is 0 Å². The summed E-state index contributed by atoms with van der Waals surface area (Å²) in [6.07, 6.45) is 7.42. The average Bonchev–Trinajstić information content (AvgIpc) is 3.21. The minimum atomic E-state index is -0.388. The summed E-state index contributed by atoms with van der Waals surface area (Å²) < 4.78 is 0. The maximum absolute atomic E-state index is 10.9. The van der Waals surface area contributed by atoms with Gasteiger partial charge in [-0.3, -0.25) is 14.8 Å². The average molecular weight is 811 g/mol. The summed E-state index contributed by atoms with van der Waals surface area (Å²) in [5.41, 5.74) is 8.51. The number of carbonyl (C=O) groups is 1. The highest BCUT2D eigenvalue weighted by molar-refractivity contribution is 6.42. The number of hydrogen-bond acceptors (Lipinski definition) is 9. The molecule has 0 saturated heterocycles. The number of phenolic OH excluding ortho intramolecular Hbond substituents is 2. The van der Waals surface area contributed by atoms with Crippen molar-refractivity contribution < 1.29 is 15.0 Å². The van der Waals surface area contributed by atoms with Gasteiger partial charge in [0, 0.05) is 46.7 Å². The summed E-state index contributed by atoms with van der Waals surface area (Å²) in [4.78, 5) is 26.6. The topological polar surface area (TPSA) is 147 Å². The third-order valence-corrected chi connectivity index (χ3v) is 9.18. The molecule has 0 aliphatic carbocycles. The second-order valence-electron chi connectivity index (χ2n) is 11.4. The van der Waals surface area contributed by atoms with Crippen LogP contribution < -0.4 is 11.1 Å². The molecule has 0 radical (unpaired) electrons. The van der Waals surface area contributed by atoms with Crippen LogP contribution in [0.5, 0.6) is 11.5 Å². The molecule has 8 rings (SSSR count). The van der Waals surface area contributed by atoms with Crippen molar-refractivity contribution in [2.45, 2.75) is 6.04 Å². The van der Waals surface area contributed by atoms with Gasteiger partial charge in [0.15, 0.2) is 0 Å². The number of aldehydes is 1. The summed E-state index contributed by atoms with van der Waals surface area (Å²) >= 11 is 23.5. The zero-order valence-electron chi connectivity index (χ0n) is 28.8. The number of hydrogen-bond donors (Lipinski definition) is 4. The molecule has 0 bridgehead atoms. The first-order valence-electron chi connectivity index (χ1n) is 16.4. The van der Waals surface area contributed by atoms with Crippen molar-refractivity contribution in [3.05, 3.63) is 189 Å². The minimum absolute atomic E-state index is 0.118. The number of fused-ring (bicyclic) bond motifs is 2. The number of nitrogens with zero attached hydrogens (tertiary/aromatic N) is 4. The van der Waals surface area contributed by atoms with Gasteiger partial charge in [-0.05, 0) is 72.3 Å². The SMILES string of the molecule is Nc1ccccn1.O=Cc1ccc(Cl)c(Cl)c1.Oc1c(C(Nc2ccccn2)c2ccc(Cl)c(Cl)c2)ccc2cccnc12.Oc1cccc2cccnc12. The fourth-order valence-corrected chi connectivity index (χ4v) is 5.67. The number of nitrogens with two attached hydrogens (primary N) is 1. The van der Waals surface area contributed by atoms with Crippen LogP contribution >= 0.6 is 46.4 Å². The van der Waals surface area contributed by atoms with Crippen molar-refractivity contribution in [2.75, 3.05) is 11.1 Å². The van der Waals surface area contributed by atoms with E-state index in [1.807, 2.05) is 78.9 Å². The van der Waals surface area contributed by atoms with Crippen LogP contribution in [0.4, 0.5) is 11.6 Å². The molecule has 0 spiro atoms.